The van der Waals surface area contributed by atoms with E-state index < -0.39 is 0 Å². The average molecular weight is 375 g/mol. The Morgan fingerprint density at radius 3 is 2.57 bits per heavy atom. The lowest BCUT2D eigenvalue weighted by atomic mass is 9.53. The van der Waals surface area contributed by atoms with Crippen molar-refractivity contribution in [1.29, 1.82) is 0 Å². The predicted molar refractivity (Wildman–Crippen MR) is 108 cm³/mol. The Hall–Kier alpha value is -2.63. The maximum atomic E-state index is 10.7. The fraction of sp³-hybridized carbons (Fsp3) is 0.500. The topological polar surface area (TPSA) is 74.8 Å². The molecule has 4 bridgehead atoms. The molecule has 1 aromatic carbocycles. The van der Waals surface area contributed by atoms with Gasteiger partial charge in [0.05, 0.1) is 11.0 Å². The molecular weight excluding hydrogens is 350 g/mol. The molecule has 4 aliphatic carbocycles. The Bertz CT molecular complexity index is 1080. The molecule has 4 saturated carbocycles. The molecule has 2 N–H and O–H groups in total. The molecule has 5 aliphatic rings. The van der Waals surface area contributed by atoms with Crippen LogP contribution in [-0.4, -0.2) is 26.5 Å². The van der Waals surface area contributed by atoms with Crippen LogP contribution in [0.15, 0.2) is 28.2 Å². The van der Waals surface area contributed by atoms with Crippen molar-refractivity contribution in [1.82, 2.24) is 9.55 Å². The van der Waals surface area contributed by atoms with Crippen LogP contribution in [0.2, 0.25) is 0 Å². The quantitative estimate of drug-likeness (QED) is 0.866. The lowest BCUT2D eigenvalue weighted by Gasteiger charge is -2.57. The minimum absolute atomic E-state index is 0.168. The fourth-order valence-corrected chi connectivity index (χ4v) is 6.37. The molecule has 0 saturated heterocycles. The summed E-state index contributed by atoms with van der Waals surface area (Å²) in [5, 5.41) is 16.3. The van der Waals surface area contributed by atoms with Crippen LogP contribution in [0.1, 0.15) is 44.2 Å². The van der Waals surface area contributed by atoms with Crippen molar-refractivity contribution in [3.63, 3.8) is 0 Å². The SMILES string of the molecule is Cn1c(NC23CC4CC(CC(C4)C2)C3)nc(/C=c2\ccc3c(c2)N=CN=3)c1O. The van der Waals surface area contributed by atoms with Crippen LogP contribution in [0.3, 0.4) is 0 Å². The summed E-state index contributed by atoms with van der Waals surface area (Å²) in [6, 6.07) is 5.91. The van der Waals surface area contributed by atoms with Crippen molar-refractivity contribution in [2.45, 2.75) is 44.1 Å². The molecule has 2 heterocycles. The van der Waals surface area contributed by atoms with Crippen LogP contribution in [0.25, 0.3) is 6.08 Å². The van der Waals surface area contributed by atoms with Crippen LogP contribution in [0.4, 0.5) is 11.6 Å². The van der Waals surface area contributed by atoms with E-state index in [2.05, 4.69) is 15.3 Å². The van der Waals surface area contributed by atoms with Gasteiger partial charge in [0.1, 0.15) is 12.0 Å². The molecule has 28 heavy (non-hydrogen) atoms. The minimum atomic E-state index is 0.168. The molecule has 0 unspecified atom stereocenters. The number of benzene rings is 1. The molecule has 4 fully saturated rings. The molecule has 7 rings (SSSR count). The summed E-state index contributed by atoms with van der Waals surface area (Å²) in [4.78, 5) is 13.2. The van der Waals surface area contributed by atoms with Crippen molar-refractivity contribution < 1.29 is 5.11 Å². The molecule has 1 aliphatic heterocycles. The maximum absolute atomic E-state index is 10.7. The van der Waals surface area contributed by atoms with E-state index in [-0.39, 0.29) is 11.4 Å². The fourth-order valence-electron chi connectivity index (χ4n) is 6.37. The number of anilines is 1. The lowest BCUT2D eigenvalue weighted by molar-refractivity contribution is 0.0102. The molecular formula is C22H25N5O. The van der Waals surface area contributed by atoms with Gasteiger partial charge in [-0.05, 0) is 79.7 Å². The summed E-state index contributed by atoms with van der Waals surface area (Å²) < 4.78 is 1.78. The van der Waals surface area contributed by atoms with E-state index in [1.165, 1.54) is 38.5 Å². The zero-order valence-corrected chi connectivity index (χ0v) is 16.1. The van der Waals surface area contributed by atoms with Gasteiger partial charge in [-0.15, -0.1) is 0 Å². The van der Waals surface area contributed by atoms with Crippen molar-refractivity contribution in [3.8, 4) is 5.88 Å². The van der Waals surface area contributed by atoms with E-state index in [1.54, 1.807) is 10.9 Å². The van der Waals surface area contributed by atoms with Gasteiger partial charge in [-0.1, -0.05) is 6.07 Å². The normalized spacial score (nSPS) is 32.6. The highest BCUT2D eigenvalue weighted by molar-refractivity contribution is 5.67. The highest BCUT2D eigenvalue weighted by atomic mass is 16.3. The molecule has 2 aromatic rings. The number of hydrogen-bond donors (Lipinski definition) is 2. The third-order valence-corrected chi connectivity index (χ3v) is 7.20. The third-order valence-electron chi connectivity index (χ3n) is 7.20. The summed E-state index contributed by atoms with van der Waals surface area (Å²) >= 11 is 0. The summed E-state index contributed by atoms with van der Waals surface area (Å²) in [6.07, 6.45) is 11.5. The largest absolute Gasteiger partial charge is 0.493 e. The van der Waals surface area contributed by atoms with Gasteiger partial charge in [-0.2, -0.15) is 0 Å². The number of imidazole rings is 1. The number of nitrogens with one attached hydrogen (secondary N) is 1. The molecule has 0 atom stereocenters. The number of aliphatic imine (C=N–C) groups is 1. The van der Waals surface area contributed by atoms with E-state index >= 15 is 0 Å². The minimum Gasteiger partial charge on any atom is -0.493 e. The van der Waals surface area contributed by atoms with Gasteiger partial charge in [-0.3, -0.25) is 4.57 Å². The highest BCUT2D eigenvalue weighted by Crippen LogP contribution is 2.56. The van der Waals surface area contributed by atoms with Crippen LogP contribution < -0.4 is 15.9 Å². The van der Waals surface area contributed by atoms with Gasteiger partial charge in [0.25, 0.3) is 0 Å². The first-order chi connectivity index (χ1) is 13.6. The second-order valence-electron chi connectivity index (χ2n) is 9.29. The zero-order valence-electron chi connectivity index (χ0n) is 16.1. The monoisotopic (exact) mass is 375 g/mol. The Labute approximate surface area is 163 Å². The molecule has 6 heteroatoms. The Balaban J connectivity index is 1.34. The van der Waals surface area contributed by atoms with E-state index in [1.807, 2.05) is 31.3 Å². The number of hydrogen-bond acceptors (Lipinski definition) is 5. The van der Waals surface area contributed by atoms with Crippen molar-refractivity contribution in [2.24, 2.45) is 34.8 Å². The smallest absolute Gasteiger partial charge is 0.220 e. The second kappa shape index (κ2) is 5.69. The van der Waals surface area contributed by atoms with Crippen LogP contribution in [0.5, 0.6) is 5.88 Å². The van der Waals surface area contributed by atoms with Crippen molar-refractivity contribution in [2.75, 3.05) is 5.32 Å². The summed E-state index contributed by atoms with van der Waals surface area (Å²) in [7, 11) is 1.88. The number of aromatic hydroxyl groups is 1. The van der Waals surface area contributed by atoms with Crippen molar-refractivity contribution >= 4 is 24.1 Å². The summed E-state index contributed by atoms with van der Waals surface area (Å²) in [6.45, 7) is 0. The van der Waals surface area contributed by atoms with Gasteiger partial charge in [0.2, 0.25) is 11.8 Å². The molecule has 0 amide bonds. The Morgan fingerprint density at radius 2 is 1.86 bits per heavy atom. The predicted octanol–water partition coefficient (Wildman–Crippen LogP) is 2.63. The standard InChI is InChI=1S/C22H25N5O/c1-27-20(28)19(8-13-2-3-17-18(7-13)24-12-23-17)25-21(27)26-22-9-14-4-15(10-22)6-16(5-14)11-22/h2-3,7-8,12,14-16,28H,4-6,9-11H2,1H3,(H,25,26)/b13-8+. The molecule has 0 spiro atoms. The van der Waals surface area contributed by atoms with Crippen molar-refractivity contribution in [3.05, 3.63) is 34.5 Å². The van der Waals surface area contributed by atoms with E-state index in [0.717, 1.165) is 40.0 Å². The van der Waals surface area contributed by atoms with E-state index in [0.29, 0.717) is 5.69 Å². The first-order valence-corrected chi connectivity index (χ1v) is 10.3. The molecule has 0 radical (unpaired) electrons. The van der Waals surface area contributed by atoms with Gasteiger partial charge >= 0.3 is 0 Å². The summed E-state index contributed by atoms with van der Waals surface area (Å²) in [5.74, 6) is 3.59. The Morgan fingerprint density at radius 1 is 1.14 bits per heavy atom. The van der Waals surface area contributed by atoms with Crippen LogP contribution >= 0.6 is 0 Å². The van der Waals surface area contributed by atoms with Crippen LogP contribution in [-0.2, 0) is 7.05 Å². The second-order valence-corrected chi connectivity index (χ2v) is 9.29. The zero-order chi connectivity index (χ0) is 18.9. The first-order valence-electron chi connectivity index (χ1n) is 10.3. The van der Waals surface area contributed by atoms with Gasteiger partial charge < -0.3 is 10.4 Å². The Kier molecular flexibility index (Phi) is 3.32. The molecule has 1 aromatic heterocycles. The molecule has 6 nitrogen and oxygen atoms in total. The third kappa shape index (κ3) is 2.50. The van der Waals surface area contributed by atoms with Gasteiger partial charge in [-0.25, -0.2) is 15.0 Å². The van der Waals surface area contributed by atoms with E-state index in [9.17, 15) is 5.11 Å². The first kappa shape index (κ1) is 16.3. The van der Waals surface area contributed by atoms with Crippen LogP contribution in [0, 0.1) is 17.8 Å². The number of rotatable bonds is 3. The summed E-state index contributed by atoms with van der Waals surface area (Å²) in [5.41, 5.74) is 1.62. The number of aromatic nitrogens is 2. The van der Waals surface area contributed by atoms with E-state index in [4.69, 9.17) is 4.98 Å². The lowest BCUT2D eigenvalue weighted by Crippen LogP contribution is -2.55. The highest BCUT2D eigenvalue weighted by Gasteiger charge is 2.51. The maximum Gasteiger partial charge on any atom is 0.220 e. The number of fused-ring (bicyclic) bond motifs is 1. The number of nitrogens with zero attached hydrogens (tertiary/aromatic N) is 4. The molecule has 144 valence electrons. The average Bonchev–Trinajstić information content (AvgIpc) is 3.21. The van der Waals surface area contributed by atoms with Gasteiger partial charge in [0.15, 0.2) is 0 Å². The van der Waals surface area contributed by atoms with Gasteiger partial charge in [0, 0.05) is 12.6 Å².